The van der Waals surface area contributed by atoms with Crippen molar-refractivity contribution in [1.29, 1.82) is 0 Å². The zero-order valence-corrected chi connectivity index (χ0v) is 15.0. The van der Waals surface area contributed by atoms with Gasteiger partial charge in [-0.15, -0.1) is 0 Å². The van der Waals surface area contributed by atoms with Crippen molar-refractivity contribution in [2.75, 3.05) is 5.32 Å². The number of rotatable bonds is 6. The minimum Gasteiger partial charge on any atom is -0.485 e. The SMILES string of the molecule is Cc1nc(COc2ccccc2C(=O)Nc2ccc(C(C)C)cc2)no1. The van der Waals surface area contributed by atoms with Gasteiger partial charge in [-0.3, -0.25) is 4.79 Å². The van der Waals surface area contributed by atoms with Crippen molar-refractivity contribution in [1.82, 2.24) is 10.1 Å². The van der Waals surface area contributed by atoms with E-state index in [0.717, 1.165) is 5.69 Å². The molecule has 0 fully saturated rings. The van der Waals surface area contributed by atoms with Crippen molar-refractivity contribution < 1.29 is 14.1 Å². The Balaban J connectivity index is 1.70. The second-order valence-corrected chi connectivity index (χ2v) is 6.25. The molecule has 0 spiro atoms. The Labute approximate surface area is 152 Å². The van der Waals surface area contributed by atoms with E-state index in [9.17, 15) is 4.79 Å². The van der Waals surface area contributed by atoms with Crippen molar-refractivity contribution >= 4 is 11.6 Å². The molecule has 6 nitrogen and oxygen atoms in total. The van der Waals surface area contributed by atoms with Crippen LogP contribution in [0.5, 0.6) is 5.75 Å². The molecule has 3 aromatic rings. The molecular formula is C20H21N3O3. The van der Waals surface area contributed by atoms with Crippen LogP contribution < -0.4 is 10.1 Å². The van der Waals surface area contributed by atoms with Crippen LogP contribution in [-0.4, -0.2) is 16.0 Å². The predicted molar refractivity (Wildman–Crippen MR) is 98.3 cm³/mol. The maximum Gasteiger partial charge on any atom is 0.259 e. The average molecular weight is 351 g/mol. The number of carbonyl (C=O) groups is 1. The number of aromatic nitrogens is 2. The second kappa shape index (κ2) is 7.82. The lowest BCUT2D eigenvalue weighted by molar-refractivity contribution is 0.102. The smallest absolute Gasteiger partial charge is 0.259 e. The van der Waals surface area contributed by atoms with Gasteiger partial charge >= 0.3 is 0 Å². The van der Waals surface area contributed by atoms with Crippen LogP contribution in [0.2, 0.25) is 0 Å². The summed E-state index contributed by atoms with van der Waals surface area (Å²) in [6, 6.07) is 14.9. The highest BCUT2D eigenvalue weighted by molar-refractivity contribution is 6.06. The van der Waals surface area contributed by atoms with Crippen molar-refractivity contribution in [3.63, 3.8) is 0 Å². The Morgan fingerprint density at radius 3 is 2.54 bits per heavy atom. The van der Waals surface area contributed by atoms with E-state index in [4.69, 9.17) is 9.26 Å². The van der Waals surface area contributed by atoms with Crippen LogP contribution in [0, 0.1) is 6.92 Å². The molecule has 0 aliphatic carbocycles. The van der Waals surface area contributed by atoms with Gasteiger partial charge in [0.1, 0.15) is 5.75 Å². The lowest BCUT2D eigenvalue weighted by Crippen LogP contribution is -2.13. The highest BCUT2D eigenvalue weighted by Crippen LogP contribution is 2.22. The highest BCUT2D eigenvalue weighted by atomic mass is 16.5. The van der Waals surface area contributed by atoms with Crippen molar-refractivity contribution in [3.05, 3.63) is 71.4 Å². The molecule has 0 radical (unpaired) electrons. The fourth-order valence-corrected chi connectivity index (χ4v) is 2.47. The highest BCUT2D eigenvalue weighted by Gasteiger charge is 2.14. The fourth-order valence-electron chi connectivity index (χ4n) is 2.47. The summed E-state index contributed by atoms with van der Waals surface area (Å²) in [7, 11) is 0. The zero-order valence-electron chi connectivity index (χ0n) is 15.0. The van der Waals surface area contributed by atoms with E-state index in [2.05, 4.69) is 29.3 Å². The number of para-hydroxylation sites is 1. The molecular weight excluding hydrogens is 330 g/mol. The van der Waals surface area contributed by atoms with E-state index in [-0.39, 0.29) is 12.5 Å². The summed E-state index contributed by atoms with van der Waals surface area (Å²) >= 11 is 0. The lowest BCUT2D eigenvalue weighted by Gasteiger charge is -2.11. The van der Waals surface area contributed by atoms with Gasteiger partial charge in [0.15, 0.2) is 6.61 Å². The normalized spacial score (nSPS) is 10.8. The predicted octanol–water partition coefficient (Wildman–Crippen LogP) is 4.33. The topological polar surface area (TPSA) is 77.2 Å². The number of hydrogen-bond donors (Lipinski definition) is 1. The molecule has 0 bridgehead atoms. The Morgan fingerprint density at radius 2 is 1.88 bits per heavy atom. The third-order valence-electron chi connectivity index (χ3n) is 3.89. The number of anilines is 1. The number of carbonyl (C=O) groups excluding carboxylic acids is 1. The van der Waals surface area contributed by atoms with Gasteiger partial charge in [0.05, 0.1) is 5.56 Å². The van der Waals surface area contributed by atoms with E-state index in [1.807, 2.05) is 30.3 Å². The number of nitrogens with zero attached hydrogens (tertiary/aromatic N) is 2. The number of benzene rings is 2. The third kappa shape index (κ3) is 4.27. The maximum absolute atomic E-state index is 12.6. The van der Waals surface area contributed by atoms with E-state index < -0.39 is 0 Å². The van der Waals surface area contributed by atoms with E-state index >= 15 is 0 Å². The molecule has 3 rings (SSSR count). The molecule has 1 aromatic heterocycles. The summed E-state index contributed by atoms with van der Waals surface area (Å²) in [5, 5.41) is 6.68. The molecule has 0 unspecified atom stereocenters. The molecule has 0 aliphatic heterocycles. The largest absolute Gasteiger partial charge is 0.485 e. The lowest BCUT2D eigenvalue weighted by atomic mass is 10.0. The van der Waals surface area contributed by atoms with Crippen LogP contribution in [0.25, 0.3) is 0 Å². The van der Waals surface area contributed by atoms with Gasteiger partial charge in [-0.05, 0) is 35.7 Å². The van der Waals surface area contributed by atoms with Gasteiger partial charge in [0, 0.05) is 12.6 Å². The number of hydrogen-bond acceptors (Lipinski definition) is 5. The first-order valence-corrected chi connectivity index (χ1v) is 8.45. The van der Waals surface area contributed by atoms with Crippen LogP contribution in [0.4, 0.5) is 5.69 Å². The zero-order chi connectivity index (χ0) is 18.5. The first kappa shape index (κ1) is 17.7. The number of amides is 1. The monoisotopic (exact) mass is 351 g/mol. The summed E-state index contributed by atoms with van der Waals surface area (Å²) in [4.78, 5) is 16.7. The summed E-state index contributed by atoms with van der Waals surface area (Å²) in [5.41, 5.74) is 2.41. The van der Waals surface area contributed by atoms with Gasteiger partial charge in [-0.2, -0.15) is 4.98 Å². The standard InChI is InChI=1S/C20H21N3O3/c1-13(2)15-8-10-16(11-9-15)22-20(24)17-6-4-5-7-18(17)25-12-19-21-14(3)26-23-19/h4-11,13H,12H2,1-3H3,(H,22,24). The molecule has 0 saturated carbocycles. The summed E-state index contributed by atoms with van der Waals surface area (Å²) in [6.45, 7) is 6.10. The van der Waals surface area contributed by atoms with Gasteiger partial charge < -0.3 is 14.6 Å². The van der Waals surface area contributed by atoms with Crippen molar-refractivity contribution in [3.8, 4) is 5.75 Å². The fraction of sp³-hybridized carbons (Fsp3) is 0.250. The molecule has 1 N–H and O–H groups in total. The van der Waals surface area contributed by atoms with Crippen molar-refractivity contribution in [2.24, 2.45) is 0 Å². The van der Waals surface area contributed by atoms with Crippen LogP contribution in [-0.2, 0) is 6.61 Å². The molecule has 1 amide bonds. The van der Waals surface area contributed by atoms with Crippen LogP contribution in [0.1, 0.15) is 47.4 Å². The number of nitrogens with one attached hydrogen (secondary N) is 1. The van der Waals surface area contributed by atoms with Gasteiger partial charge in [0.2, 0.25) is 11.7 Å². The first-order chi connectivity index (χ1) is 12.5. The maximum atomic E-state index is 12.6. The molecule has 1 heterocycles. The van der Waals surface area contributed by atoms with Crippen LogP contribution >= 0.6 is 0 Å². The first-order valence-electron chi connectivity index (χ1n) is 8.45. The molecule has 0 aliphatic rings. The summed E-state index contributed by atoms with van der Waals surface area (Å²) in [5.74, 6) is 1.58. The van der Waals surface area contributed by atoms with E-state index in [0.29, 0.717) is 28.9 Å². The van der Waals surface area contributed by atoms with Crippen LogP contribution in [0.15, 0.2) is 53.1 Å². The second-order valence-electron chi connectivity index (χ2n) is 6.25. The average Bonchev–Trinajstić information content (AvgIpc) is 3.06. The number of aryl methyl sites for hydroxylation is 1. The van der Waals surface area contributed by atoms with Gasteiger partial charge in [-0.25, -0.2) is 0 Å². The number of ether oxygens (including phenoxy) is 1. The Hall–Kier alpha value is -3.15. The minimum atomic E-state index is -0.234. The summed E-state index contributed by atoms with van der Waals surface area (Å²) in [6.07, 6.45) is 0. The van der Waals surface area contributed by atoms with E-state index in [1.165, 1.54) is 5.56 Å². The van der Waals surface area contributed by atoms with Gasteiger partial charge in [0.25, 0.3) is 5.91 Å². The molecule has 2 aromatic carbocycles. The Kier molecular flexibility index (Phi) is 5.31. The quantitative estimate of drug-likeness (QED) is 0.715. The third-order valence-corrected chi connectivity index (χ3v) is 3.89. The molecule has 26 heavy (non-hydrogen) atoms. The summed E-state index contributed by atoms with van der Waals surface area (Å²) < 4.78 is 10.6. The Morgan fingerprint density at radius 1 is 1.15 bits per heavy atom. The molecule has 0 saturated heterocycles. The van der Waals surface area contributed by atoms with Gasteiger partial charge in [-0.1, -0.05) is 43.3 Å². The van der Waals surface area contributed by atoms with Crippen LogP contribution in [0.3, 0.4) is 0 Å². The minimum absolute atomic E-state index is 0.130. The van der Waals surface area contributed by atoms with E-state index in [1.54, 1.807) is 25.1 Å². The molecule has 0 atom stereocenters. The molecule has 6 heteroatoms. The van der Waals surface area contributed by atoms with Crippen molar-refractivity contribution in [2.45, 2.75) is 33.3 Å². The molecule has 134 valence electrons. The Bertz CT molecular complexity index is 885.